The van der Waals surface area contributed by atoms with Crippen LogP contribution in [0.5, 0.6) is 0 Å². The lowest BCUT2D eigenvalue weighted by atomic mass is 9.96. The molecule has 0 fully saturated rings. The van der Waals surface area contributed by atoms with Gasteiger partial charge in [0.15, 0.2) is 0 Å². The summed E-state index contributed by atoms with van der Waals surface area (Å²) in [7, 11) is 0. The van der Waals surface area contributed by atoms with Gasteiger partial charge in [-0.3, -0.25) is 0 Å². The molecule has 0 spiro atoms. The summed E-state index contributed by atoms with van der Waals surface area (Å²) in [5, 5.41) is 5.20. The maximum atomic E-state index is 12.7. The summed E-state index contributed by atoms with van der Waals surface area (Å²) in [6.45, 7) is 9.14. The molecule has 4 heteroatoms. The standard InChI is InChI=1S/C19H24N2OS/c1-4-12-21(14-17-11-8-13-23-17)19(22)20-18(15(2)3)16-9-6-5-7-10-16/h4-11,13,15,18H,1,12,14H2,2-3H3,(H,20,22). The van der Waals surface area contributed by atoms with Gasteiger partial charge in [0.05, 0.1) is 12.6 Å². The highest BCUT2D eigenvalue weighted by Crippen LogP contribution is 2.22. The summed E-state index contributed by atoms with van der Waals surface area (Å²) in [6.07, 6.45) is 1.76. The molecule has 0 radical (unpaired) electrons. The highest BCUT2D eigenvalue weighted by Gasteiger charge is 2.21. The number of amides is 2. The Hall–Kier alpha value is -2.07. The SMILES string of the molecule is C=CCN(Cc1cccs1)C(=O)NC(c1ccccc1)C(C)C. The van der Waals surface area contributed by atoms with Gasteiger partial charge in [-0.25, -0.2) is 4.79 Å². The first-order chi connectivity index (χ1) is 11.1. The van der Waals surface area contributed by atoms with Crippen LogP contribution in [0.3, 0.4) is 0 Å². The van der Waals surface area contributed by atoms with Crippen molar-refractivity contribution < 1.29 is 4.79 Å². The van der Waals surface area contributed by atoms with Crippen molar-refractivity contribution in [2.24, 2.45) is 5.92 Å². The summed E-state index contributed by atoms with van der Waals surface area (Å²) >= 11 is 1.66. The molecule has 0 saturated heterocycles. The fraction of sp³-hybridized carbons (Fsp3) is 0.316. The predicted octanol–water partition coefficient (Wildman–Crippen LogP) is 4.84. The minimum absolute atomic E-state index is 0.000601. The molecule has 0 aliphatic rings. The third-order valence-corrected chi connectivity index (χ3v) is 4.53. The molecule has 0 aliphatic carbocycles. The zero-order valence-corrected chi connectivity index (χ0v) is 14.6. The molecule has 2 aromatic rings. The minimum atomic E-state index is -0.0548. The van der Waals surface area contributed by atoms with Crippen LogP contribution < -0.4 is 5.32 Å². The number of carbonyl (C=O) groups excluding carboxylic acids is 1. The van der Waals surface area contributed by atoms with Gasteiger partial charge in [-0.2, -0.15) is 0 Å². The molecule has 1 aromatic carbocycles. The highest BCUT2D eigenvalue weighted by atomic mass is 32.1. The second kappa shape index (κ2) is 8.53. The summed E-state index contributed by atoms with van der Waals surface area (Å²) in [6, 6.07) is 14.1. The van der Waals surface area contributed by atoms with E-state index in [9.17, 15) is 4.79 Å². The van der Waals surface area contributed by atoms with Gasteiger partial charge in [-0.1, -0.05) is 56.3 Å². The molecule has 3 nitrogen and oxygen atoms in total. The van der Waals surface area contributed by atoms with E-state index >= 15 is 0 Å². The van der Waals surface area contributed by atoms with E-state index in [4.69, 9.17) is 0 Å². The first-order valence-electron chi connectivity index (χ1n) is 7.85. The third kappa shape index (κ3) is 4.96. The molecular weight excluding hydrogens is 304 g/mol. The van der Waals surface area contributed by atoms with Crippen molar-refractivity contribution in [2.45, 2.75) is 26.4 Å². The van der Waals surface area contributed by atoms with Crippen LogP contribution in [-0.4, -0.2) is 17.5 Å². The third-order valence-electron chi connectivity index (χ3n) is 3.67. The predicted molar refractivity (Wildman–Crippen MR) is 97.5 cm³/mol. The van der Waals surface area contributed by atoms with E-state index in [0.717, 1.165) is 5.56 Å². The molecule has 1 N–H and O–H groups in total. The number of benzene rings is 1. The van der Waals surface area contributed by atoms with E-state index in [1.807, 2.05) is 35.7 Å². The van der Waals surface area contributed by atoms with Crippen LogP contribution in [0.2, 0.25) is 0 Å². The molecule has 0 bridgehead atoms. The smallest absolute Gasteiger partial charge is 0.318 e. The van der Waals surface area contributed by atoms with Gasteiger partial charge in [0.2, 0.25) is 0 Å². The summed E-state index contributed by atoms with van der Waals surface area (Å²) in [4.78, 5) is 15.7. The number of rotatable bonds is 7. The first-order valence-corrected chi connectivity index (χ1v) is 8.73. The maximum absolute atomic E-state index is 12.7. The maximum Gasteiger partial charge on any atom is 0.318 e. The van der Waals surface area contributed by atoms with E-state index in [1.165, 1.54) is 4.88 Å². The average Bonchev–Trinajstić information content (AvgIpc) is 3.05. The van der Waals surface area contributed by atoms with Crippen molar-refractivity contribution in [3.63, 3.8) is 0 Å². The van der Waals surface area contributed by atoms with Gasteiger partial charge in [-0.05, 0) is 22.9 Å². The number of carbonyl (C=O) groups is 1. The zero-order chi connectivity index (χ0) is 16.7. The van der Waals surface area contributed by atoms with Crippen LogP contribution in [0.25, 0.3) is 0 Å². The van der Waals surface area contributed by atoms with Crippen LogP contribution in [0.15, 0.2) is 60.5 Å². The van der Waals surface area contributed by atoms with E-state index in [1.54, 1.807) is 22.3 Å². The average molecular weight is 328 g/mol. The molecule has 2 amide bonds. The molecule has 23 heavy (non-hydrogen) atoms. The fourth-order valence-corrected chi connectivity index (χ4v) is 3.20. The van der Waals surface area contributed by atoms with E-state index in [0.29, 0.717) is 19.0 Å². The van der Waals surface area contributed by atoms with Gasteiger partial charge >= 0.3 is 6.03 Å². The van der Waals surface area contributed by atoms with Crippen LogP contribution in [0.4, 0.5) is 4.79 Å². The van der Waals surface area contributed by atoms with Crippen molar-refractivity contribution in [1.82, 2.24) is 10.2 Å². The van der Waals surface area contributed by atoms with Crippen molar-refractivity contribution in [1.29, 1.82) is 0 Å². The van der Waals surface area contributed by atoms with Gasteiger partial charge in [0.1, 0.15) is 0 Å². The van der Waals surface area contributed by atoms with Crippen LogP contribution in [0.1, 0.15) is 30.3 Å². The van der Waals surface area contributed by atoms with Crippen LogP contribution in [-0.2, 0) is 6.54 Å². The molecule has 0 saturated carbocycles. The zero-order valence-electron chi connectivity index (χ0n) is 13.7. The Morgan fingerprint density at radius 2 is 2.00 bits per heavy atom. The Bertz CT molecular complexity index is 608. The van der Waals surface area contributed by atoms with Crippen molar-refractivity contribution in [3.8, 4) is 0 Å². The largest absolute Gasteiger partial charge is 0.331 e. The molecule has 1 heterocycles. The Morgan fingerprint density at radius 1 is 1.26 bits per heavy atom. The Labute approximate surface area is 142 Å². The first kappa shape index (κ1) is 17.3. The van der Waals surface area contributed by atoms with Gasteiger partial charge < -0.3 is 10.2 Å². The molecule has 2 rings (SSSR count). The summed E-state index contributed by atoms with van der Waals surface area (Å²) in [5.74, 6) is 0.314. The number of nitrogens with zero attached hydrogens (tertiary/aromatic N) is 1. The molecular formula is C19H24N2OS. The van der Waals surface area contributed by atoms with Crippen LogP contribution >= 0.6 is 11.3 Å². The molecule has 1 atom stereocenters. The van der Waals surface area contributed by atoms with E-state index in [2.05, 4.69) is 37.9 Å². The molecule has 122 valence electrons. The normalized spacial score (nSPS) is 12.0. The minimum Gasteiger partial charge on any atom is -0.331 e. The van der Waals surface area contributed by atoms with Crippen molar-refractivity contribution >= 4 is 17.4 Å². The summed E-state index contributed by atoms with van der Waals surface area (Å²) < 4.78 is 0. The lowest BCUT2D eigenvalue weighted by Crippen LogP contribution is -2.42. The van der Waals surface area contributed by atoms with Crippen molar-refractivity contribution in [3.05, 3.63) is 70.9 Å². The summed E-state index contributed by atoms with van der Waals surface area (Å²) in [5.41, 5.74) is 1.13. The Balaban J connectivity index is 2.10. The Morgan fingerprint density at radius 3 is 2.57 bits per heavy atom. The van der Waals surface area contributed by atoms with Gasteiger partial charge in [0.25, 0.3) is 0 Å². The van der Waals surface area contributed by atoms with Gasteiger partial charge in [0, 0.05) is 11.4 Å². The fourth-order valence-electron chi connectivity index (χ4n) is 2.49. The number of thiophene rings is 1. The monoisotopic (exact) mass is 328 g/mol. The molecule has 1 unspecified atom stereocenters. The number of hydrogen-bond acceptors (Lipinski definition) is 2. The van der Waals surface area contributed by atoms with E-state index in [-0.39, 0.29) is 12.1 Å². The molecule has 1 aromatic heterocycles. The van der Waals surface area contributed by atoms with Crippen molar-refractivity contribution in [2.75, 3.05) is 6.54 Å². The second-order valence-corrected chi connectivity index (χ2v) is 6.86. The number of urea groups is 1. The number of hydrogen-bond donors (Lipinski definition) is 1. The topological polar surface area (TPSA) is 32.3 Å². The molecule has 0 aliphatic heterocycles. The lowest BCUT2D eigenvalue weighted by molar-refractivity contribution is 0.193. The lowest BCUT2D eigenvalue weighted by Gasteiger charge is -2.28. The van der Waals surface area contributed by atoms with E-state index < -0.39 is 0 Å². The van der Waals surface area contributed by atoms with Gasteiger partial charge in [-0.15, -0.1) is 17.9 Å². The quantitative estimate of drug-likeness (QED) is 0.725. The highest BCUT2D eigenvalue weighted by molar-refractivity contribution is 7.09. The van der Waals surface area contributed by atoms with Crippen LogP contribution in [0, 0.1) is 5.92 Å². The number of nitrogens with one attached hydrogen (secondary N) is 1. The second-order valence-electron chi connectivity index (χ2n) is 5.83. The Kier molecular flexibility index (Phi) is 6.41.